The van der Waals surface area contributed by atoms with E-state index in [1.165, 1.54) is 35.2 Å². The van der Waals surface area contributed by atoms with Gasteiger partial charge in [-0.2, -0.15) is 18.2 Å². The standard InChI is InChI=1S/C24H25ClF3N5O4S/c1-23(2,3)37-22(34)33-11-16(12-33)38(35,36)15-6-4-13(5-7-15)20-17(24(26,27)28)8-14(9-18(20)25)31-21-30-10-19(29)32-21/h4-9,16H,10-12H2,1-3H3,(H3,29,30,31,32). The number of nitrogens with zero attached hydrogens (tertiary/aromatic N) is 3. The molecule has 1 fully saturated rings. The second-order valence-corrected chi connectivity index (χ2v) is 12.5. The van der Waals surface area contributed by atoms with Gasteiger partial charge in [-0.1, -0.05) is 23.7 Å². The minimum Gasteiger partial charge on any atom is -0.444 e. The molecule has 0 atom stereocenters. The van der Waals surface area contributed by atoms with Crippen LogP contribution in [-0.4, -0.2) is 61.7 Å². The van der Waals surface area contributed by atoms with Crippen molar-refractivity contribution in [3.63, 3.8) is 0 Å². The zero-order chi connectivity index (χ0) is 28.0. The number of benzene rings is 2. The molecule has 2 aromatic carbocycles. The van der Waals surface area contributed by atoms with Crippen LogP contribution in [0.5, 0.6) is 0 Å². The second kappa shape index (κ2) is 9.77. The van der Waals surface area contributed by atoms with Crippen LogP contribution in [0, 0.1) is 0 Å². The number of guanidine groups is 1. The summed E-state index contributed by atoms with van der Waals surface area (Å²) in [5.74, 6) is 0.288. The van der Waals surface area contributed by atoms with Gasteiger partial charge < -0.3 is 20.7 Å². The van der Waals surface area contributed by atoms with Gasteiger partial charge >= 0.3 is 12.3 Å². The van der Waals surface area contributed by atoms with Crippen molar-refractivity contribution < 1.29 is 31.1 Å². The van der Waals surface area contributed by atoms with Crippen molar-refractivity contribution in [2.75, 3.05) is 25.0 Å². The first kappa shape index (κ1) is 27.7. The van der Waals surface area contributed by atoms with Crippen molar-refractivity contribution in [3.05, 3.63) is 47.0 Å². The Morgan fingerprint density at radius 3 is 2.32 bits per heavy atom. The minimum absolute atomic E-state index is 0.0157. The van der Waals surface area contributed by atoms with Crippen molar-refractivity contribution in [1.82, 2.24) is 4.90 Å². The Morgan fingerprint density at radius 2 is 1.79 bits per heavy atom. The smallest absolute Gasteiger partial charge is 0.417 e. The van der Waals surface area contributed by atoms with Gasteiger partial charge in [-0.05, 0) is 50.6 Å². The highest BCUT2D eigenvalue weighted by Crippen LogP contribution is 2.43. The van der Waals surface area contributed by atoms with E-state index in [4.69, 9.17) is 22.1 Å². The molecule has 0 aromatic heterocycles. The van der Waals surface area contributed by atoms with E-state index in [9.17, 15) is 26.4 Å². The predicted octanol–water partition coefficient (Wildman–Crippen LogP) is 4.56. The first-order chi connectivity index (χ1) is 17.5. The summed E-state index contributed by atoms with van der Waals surface area (Å²) < 4.78 is 73.3. The van der Waals surface area contributed by atoms with E-state index < -0.39 is 38.5 Å². The van der Waals surface area contributed by atoms with Crippen molar-refractivity contribution in [3.8, 4) is 11.1 Å². The number of hydrogen-bond donors (Lipinski definition) is 2. The number of hydrogen-bond acceptors (Lipinski definition) is 8. The number of carbonyl (C=O) groups is 1. The third kappa shape index (κ3) is 5.88. The number of rotatable bonds is 4. The fraction of sp³-hybridized carbons (Fsp3) is 0.375. The largest absolute Gasteiger partial charge is 0.444 e. The maximum atomic E-state index is 14.0. The monoisotopic (exact) mass is 571 g/mol. The molecule has 0 saturated carbocycles. The van der Waals surface area contributed by atoms with Gasteiger partial charge in [0.1, 0.15) is 23.2 Å². The average Bonchev–Trinajstić information content (AvgIpc) is 3.14. The summed E-state index contributed by atoms with van der Waals surface area (Å²) in [6, 6.07) is 7.17. The van der Waals surface area contributed by atoms with Gasteiger partial charge in [0.25, 0.3) is 0 Å². The summed E-state index contributed by atoms with van der Waals surface area (Å²) in [6.07, 6.45) is -5.38. The molecule has 0 unspecified atom stereocenters. The van der Waals surface area contributed by atoms with Crippen LogP contribution in [0.15, 0.2) is 51.3 Å². The van der Waals surface area contributed by atoms with E-state index in [-0.39, 0.29) is 58.2 Å². The zero-order valence-corrected chi connectivity index (χ0v) is 22.2. The lowest BCUT2D eigenvalue weighted by Crippen LogP contribution is -2.57. The van der Waals surface area contributed by atoms with Gasteiger partial charge in [-0.25, -0.2) is 18.2 Å². The second-order valence-electron chi connectivity index (χ2n) is 9.82. The van der Waals surface area contributed by atoms with Crippen LogP contribution < -0.4 is 11.1 Å². The first-order valence-corrected chi connectivity index (χ1v) is 13.3. The molecule has 2 aromatic rings. The lowest BCUT2D eigenvalue weighted by atomic mass is 9.98. The number of nitrogens with one attached hydrogen (secondary N) is 1. The van der Waals surface area contributed by atoms with E-state index >= 15 is 0 Å². The summed E-state index contributed by atoms with van der Waals surface area (Å²) >= 11 is 6.28. The zero-order valence-electron chi connectivity index (χ0n) is 20.6. The molecule has 2 heterocycles. The molecule has 0 bridgehead atoms. The molecular formula is C24H25ClF3N5O4S. The highest BCUT2D eigenvalue weighted by atomic mass is 35.5. The highest BCUT2D eigenvalue weighted by molar-refractivity contribution is 7.92. The normalized spacial score (nSPS) is 16.6. The van der Waals surface area contributed by atoms with Crippen LogP contribution in [0.1, 0.15) is 26.3 Å². The average molecular weight is 572 g/mol. The van der Waals surface area contributed by atoms with Crippen LogP contribution in [-0.2, 0) is 20.8 Å². The number of ether oxygens (including phenoxy) is 1. The molecule has 2 aliphatic rings. The maximum Gasteiger partial charge on any atom is 0.417 e. The SMILES string of the molecule is CC(C)(C)OC(=O)N1CC(S(=O)(=O)c2ccc(-c3c(Cl)cc(NC4=NCC(N)=N4)cc3C(F)(F)F)cc2)C1. The molecule has 14 heteroatoms. The van der Waals surface area contributed by atoms with Crippen molar-refractivity contribution >= 4 is 45.0 Å². The molecular weight excluding hydrogens is 547 g/mol. The predicted molar refractivity (Wildman–Crippen MR) is 138 cm³/mol. The number of carbonyl (C=O) groups excluding carboxylic acids is 1. The first-order valence-electron chi connectivity index (χ1n) is 11.4. The lowest BCUT2D eigenvalue weighted by molar-refractivity contribution is -0.137. The van der Waals surface area contributed by atoms with E-state index in [0.29, 0.717) is 0 Å². The number of amidine groups is 1. The van der Waals surface area contributed by atoms with Gasteiger partial charge in [-0.15, -0.1) is 0 Å². The van der Waals surface area contributed by atoms with E-state index in [0.717, 1.165) is 6.07 Å². The molecule has 1 amide bonds. The molecule has 2 aliphatic heterocycles. The maximum absolute atomic E-state index is 14.0. The summed E-state index contributed by atoms with van der Waals surface area (Å²) in [4.78, 5) is 21.2. The molecule has 4 rings (SSSR count). The number of nitrogens with two attached hydrogens (primary N) is 1. The third-order valence-electron chi connectivity index (χ3n) is 5.70. The van der Waals surface area contributed by atoms with Gasteiger partial charge in [0.15, 0.2) is 9.84 Å². The molecule has 0 spiro atoms. The van der Waals surface area contributed by atoms with Gasteiger partial charge in [-0.3, -0.25) is 0 Å². The Labute approximate surface area is 222 Å². The number of anilines is 1. The summed E-state index contributed by atoms with van der Waals surface area (Å²) in [5.41, 5.74) is 3.61. The molecule has 204 valence electrons. The third-order valence-corrected chi connectivity index (χ3v) is 8.11. The number of amides is 1. The van der Waals surface area contributed by atoms with Crippen molar-refractivity contribution in [2.45, 2.75) is 42.7 Å². The Bertz CT molecular complexity index is 1430. The van der Waals surface area contributed by atoms with Crippen LogP contribution in [0.4, 0.5) is 23.7 Å². The van der Waals surface area contributed by atoms with Crippen LogP contribution in [0.25, 0.3) is 11.1 Å². The van der Waals surface area contributed by atoms with Gasteiger partial charge in [0, 0.05) is 24.3 Å². The van der Waals surface area contributed by atoms with E-state index in [1.807, 2.05) is 0 Å². The Morgan fingerprint density at radius 1 is 1.16 bits per heavy atom. The quantitative estimate of drug-likeness (QED) is 0.554. The summed E-state index contributed by atoms with van der Waals surface area (Å²) in [6.45, 7) is 5.16. The summed E-state index contributed by atoms with van der Waals surface area (Å²) in [5, 5.41) is 1.60. The lowest BCUT2D eigenvalue weighted by Gasteiger charge is -2.39. The molecule has 3 N–H and O–H groups in total. The van der Waals surface area contributed by atoms with Crippen molar-refractivity contribution in [1.29, 1.82) is 0 Å². The van der Waals surface area contributed by atoms with E-state index in [2.05, 4.69) is 15.3 Å². The Hall–Kier alpha value is -3.32. The number of sulfone groups is 1. The van der Waals surface area contributed by atoms with Crippen molar-refractivity contribution in [2.24, 2.45) is 15.7 Å². The highest BCUT2D eigenvalue weighted by Gasteiger charge is 2.42. The van der Waals surface area contributed by atoms with E-state index in [1.54, 1.807) is 20.8 Å². The molecule has 0 radical (unpaired) electrons. The van der Waals surface area contributed by atoms with Crippen LogP contribution in [0.3, 0.4) is 0 Å². The topological polar surface area (TPSA) is 126 Å². The number of aliphatic imine (C=N–C) groups is 2. The van der Waals surface area contributed by atoms with Gasteiger partial charge in [0.05, 0.1) is 15.5 Å². The molecule has 38 heavy (non-hydrogen) atoms. The Balaban J connectivity index is 1.56. The fourth-order valence-electron chi connectivity index (χ4n) is 3.87. The Kier molecular flexibility index (Phi) is 7.12. The van der Waals surface area contributed by atoms with Crippen LogP contribution in [0.2, 0.25) is 5.02 Å². The summed E-state index contributed by atoms with van der Waals surface area (Å²) in [7, 11) is -3.84. The number of alkyl halides is 3. The molecule has 9 nitrogen and oxygen atoms in total. The van der Waals surface area contributed by atoms with Gasteiger partial charge in [0.2, 0.25) is 5.96 Å². The molecule has 1 saturated heterocycles. The fourth-order valence-corrected chi connectivity index (χ4v) is 5.85. The number of likely N-dealkylation sites (tertiary alicyclic amines) is 1. The molecule has 0 aliphatic carbocycles. The number of halogens is 4. The minimum atomic E-state index is -4.77. The van der Waals surface area contributed by atoms with Crippen LogP contribution >= 0.6 is 11.6 Å².